The number of nitriles is 1. The summed E-state index contributed by atoms with van der Waals surface area (Å²) >= 11 is 0. The number of rotatable bonds is 9. The van der Waals surface area contributed by atoms with Crippen molar-refractivity contribution in [3.05, 3.63) is 105 Å². The molecule has 0 aliphatic heterocycles. The Hall–Kier alpha value is -3.91. The predicted molar refractivity (Wildman–Crippen MR) is 144 cm³/mol. The van der Waals surface area contributed by atoms with Crippen LogP contribution in [0.25, 0.3) is 16.8 Å². The van der Waals surface area contributed by atoms with E-state index in [2.05, 4.69) is 32.0 Å². The second-order valence-electron chi connectivity index (χ2n) is 9.08. The van der Waals surface area contributed by atoms with Gasteiger partial charge in [-0.3, -0.25) is 9.36 Å². The number of allylic oxidation sites excluding steroid dienone is 4. The largest absolute Gasteiger partial charge is 0.501 e. The van der Waals surface area contributed by atoms with Crippen LogP contribution in [0.5, 0.6) is 0 Å². The van der Waals surface area contributed by atoms with Crippen LogP contribution in [-0.4, -0.2) is 16.7 Å². The molecule has 4 rings (SSSR count). The molecule has 0 amide bonds. The normalized spacial score (nSPS) is 13.1. The van der Waals surface area contributed by atoms with Gasteiger partial charge >= 0.3 is 0 Å². The van der Waals surface area contributed by atoms with Crippen molar-refractivity contribution in [3.63, 3.8) is 0 Å². The molecule has 5 heteroatoms. The van der Waals surface area contributed by atoms with Crippen LogP contribution in [0.4, 0.5) is 0 Å². The maximum Gasteiger partial charge on any atom is 0.261 e. The summed E-state index contributed by atoms with van der Waals surface area (Å²) in [5, 5.41) is 9.46. The predicted octanol–water partition coefficient (Wildman–Crippen LogP) is 6.44. The summed E-state index contributed by atoms with van der Waals surface area (Å²) in [6, 6.07) is 18.0. The van der Waals surface area contributed by atoms with Crippen LogP contribution >= 0.6 is 0 Å². The van der Waals surface area contributed by atoms with Gasteiger partial charge in [-0.1, -0.05) is 62.7 Å². The van der Waals surface area contributed by atoms with Crippen LogP contribution in [-0.2, 0) is 24.0 Å². The molecular formula is C31H33N3O2. The molecule has 0 bridgehead atoms. The van der Waals surface area contributed by atoms with Gasteiger partial charge in [0.1, 0.15) is 5.82 Å². The molecule has 1 aliphatic rings. The molecule has 0 N–H and O–H groups in total. The average Bonchev–Trinajstić information content (AvgIpc) is 2.93. The first-order valence-electron chi connectivity index (χ1n) is 12.8. The molecule has 184 valence electrons. The summed E-state index contributed by atoms with van der Waals surface area (Å²) in [7, 11) is 1.68. The zero-order valence-corrected chi connectivity index (χ0v) is 21.4. The number of aromatic nitrogens is 2. The molecule has 0 saturated heterocycles. The number of hydrogen-bond donors (Lipinski definition) is 0. The number of hydrogen-bond acceptors (Lipinski definition) is 4. The molecule has 0 fully saturated rings. The molecule has 1 aromatic heterocycles. The van der Waals surface area contributed by atoms with Crippen molar-refractivity contribution in [2.75, 3.05) is 7.11 Å². The van der Waals surface area contributed by atoms with Crippen LogP contribution in [0.2, 0.25) is 0 Å². The number of methoxy groups -OCH3 is 1. The fraction of sp³-hybridized carbons (Fsp3) is 0.323. The van der Waals surface area contributed by atoms with Crippen molar-refractivity contribution < 1.29 is 4.74 Å². The van der Waals surface area contributed by atoms with Gasteiger partial charge in [0.05, 0.1) is 30.2 Å². The summed E-state index contributed by atoms with van der Waals surface area (Å²) in [5.74, 6) is 1.74. The van der Waals surface area contributed by atoms with Crippen LogP contribution in [0.15, 0.2) is 71.2 Å². The number of nitrogens with zero attached hydrogens (tertiary/aromatic N) is 3. The first kappa shape index (κ1) is 25.2. The Morgan fingerprint density at radius 3 is 2.47 bits per heavy atom. The molecule has 1 heterocycles. The fourth-order valence-corrected chi connectivity index (χ4v) is 4.71. The summed E-state index contributed by atoms with van der Waals surface area (Å²) in [6.07, 6.45) is 9.53. The monoisotopic (exact) mass is 479 g/mol. The highest BCUT2D eigenvalue weighted by molar-refractivity contribution is 5.70. The second kappa shape index (κ2) is 11.7. The molecule has 1 aliphatic carbocycles. The Balaban J connectivity index is 1.74. The number of unbranched alkanes of at least 4 members (excludes halogenated alkanes) is 1. The van der Waals surface area contributed by atoms with Gasteiger partial charge in [-0.15, -0.1) is 0 Å². The molecule has 0 spiro atoms. The fourth-order valence-electron chi connectivity index (χ4n) is 4.71. The lowest BCUT2D eigenvalue weighted by molar-refractivity contribution is 0.276. The zero-order chi connectivity index (χ0) is 25.5. The minimum absolute atomic E-state index is 0.0346. The highest BCUT2D eigenvalue weighted by Gasteiger charge is 2.20. The Bertz CT molecular complexity index is 1390. The summed E-state index contributed by atoms with van der Waals surface area (Å²) < 4.78 is 7.20. The van der Waals surface area contributed by atoms with Gasteiger partial charge in [0, 0.05) is 30.5 Å². The minimum atomic E-state index is 0.0346. The minimum Gasteiger partial charge on any atom is -0.501 e. The molecule has 36 heavy (non-hydrogen) atoms. The number of ether oxygens (including phenoxy) is 1. The van der Waals surface area contributed by atoms with E-state index in [0.29, 0.717) is 18.4 Å². The van der Waals surface area contributed by atoms with E-state index in [9.17, 15) is 10.1 Å². The quantitative estimate of drug-likeness (QED) is 0.354. The van der Waals surface area contributed by atoms with Gasteiger partial charge in [-0.05, 0) is 54.2 Å². The molecule has 0 radical (unpaired) electrons. The molecule has 5 nitrogen and oxygen atoms in total. The van der Waals surface area contributed by atoms with Crippen LogP contribution in [0.3, 0.4) is 0 Å². The van der Waals surface area contributed by atoms with Gasteiger partial charge in [0.2, 0.25) is 0 Å². The molecule has 0 atom stereocenters. The third kappa shape index (κ3) is 5.33. The van der Waals surface area contributed by atoms with Crippen molar-refractivity contribution in [1.82, 2.24) is 9.55 Å². The molecule has 0 unspecified atom stereocenters. The highest BCUT2D eigenvalue weighted by Crippen LogP contribution is 2.26. The number of aryl methyl sites for hydroxylation is 2. The SMILES string of the molecule is CCCCc1nc(CC)n(C2=CC=C(OC)CC2)c(=O)c1Cc1ccc(-c2ccccc2C#N)cc1. The first-order valence-corrected chi connectivity index (χ1v) is 12.8. The Kier molecular flexibility index (Phi) is 8.17. The Morgan fingerprint density at radius 2 is 1.83 bits per heavy atom. The van der Waals surface area contributed by atoms with E-state index < -0.39 is 0 Å². The van der Waals surface area contributed by atoms with E-state index in [1.807, 2.05) is 53.1 Å². The van der Waals surface area contributed by atoms with Crippen molar-refractivity contribution in [2.45, 2.75) is 58.8 Å². The topological polar surface area (TPSA) is 67.9 Å². The standard InChI is InChI=1S/C31H33N3O2/c1-4-6-11-29-28(20-22-12-14-23(15-13-22)27-10-8-7-9-24(27)21-32)31(35)34(30(5-2)33-29)25-16-18-26(36-3)19-17-25/h7-10,12-16,18H,4-6,11,17,19-20H2,1-3H3. The first-order chi connectivity index (χ1) is 17.6. The van der Waals surface area contributed by atoms with Crippen molar-refractivity contribution in [3.8, 4) is 17.2 Å². The smallest absolute Gasteiger partial charge is 0.261 e. The van der Waals surface area contributed by atoms with Gasteiger partial charge in [0.25, 0.3) is 5.56 Å². The Labute approximate surface area is 213 Å². The molecule has 0 saturated carbocycles. The van der Waals surface area contributed by atoms with Crippen molar-refractivity contribution in [1.29, 1.82) is 5.26 Å². The van der Waals surface area contributed by atoms with Crippen LogP contribution in [0, 0.1) is 11.3 Å². The summed E-state index contributed by atoms with van der Waals surface area (Å²) in [5.41, 5.74) is 6.31. The summed E-state index contributed by atoms with van der Waals surface area (Å²) in [4.78, 5) is 19.0. The van der Waals surface area contributed by atoms with Crippen molar-refractivity contribution in [2.24, 2.45) is 0 Å². The van der Waals surface area contributed by atoms with Crippen molar-refractivity contribution >= 4 is 5.70 Å². The maximum atomic E-state index is 14.0. The maximum absolute atomic E-state index is 14.0. The summed E-state index contributed by atoms with van der Waals surface area (Å²) in [6.45, 7) is 4.21. The van der Waals surface area contributed by atoms with E-state index >= 15 is 0 Å². The lowest BCUT2D eigenvalue weighted by atomic mass is 9.96. The van der Waals surface area contributed by atoms with Gasteiger partial charge in [-0.25, -0.2) is 4.98 Å². The van der Waals surface area contributed by atoms with E-state index in [0.717, 1.165) is 77.3 Å². The van der Waals surface area contributed by atoms with Gasteiger partial charge in [-0.2, -0.15) is 5.26 Å². The van der Waals surface area contributed by atoms with E-state index in [4.69, 9.17) is 9.72 Å². The van der Waals surface area contributed by atoms with E-state index in [1.54, 1.807) is 7.11 Å². The zero-order valence-electron chi connectivity index (χ0n) is 21.4. The Morgan fingerprint density at radius 1 is 1.06 bits per heavy atom. The van der Waals surface area contributed by atoms with Gasteiger partial charge in [0.15, 0.2) is 0 Å². The number of benzene rings is 2. The third-order valence-corrected chi connectivity index (χ3v) is 6.75. The van der Waals surface area contributed by atoms with Gasteiger partial charge < -0.3 is 4.74 Å². The highest BCUT2D eigenvalue weighted by atomic mass is 16.5. The van der Waals surface area contributed by atoms with Crippen LogP contribution < -0.4 is 5.56 Å². The molecular weight excluding hydrogens is 446 g/mol. The third-order valence-electron chi connectivity index (χ3n) is 6.75. The van der Waals surface area contributed by atoms with Crippen LogP contribution in [0.1, 0.15) is 67.7 Å². The molecule has 3 aromatic rings. The average molecular weight is 480 g/mol. The van der Waals surface area contributed by atoms with E-state index in [1.165, 1.54) is 0 Å². The molecule has 2 aromatic carbocycles. The lowest BCUT2D eigenvalue weighted by Gasteiger charge is -2.21. The lowest BCUT2D eigenvalue weighted by Crippen LogP contribution is -2.30. The second-order valence-corrected chi connectivity index (χ2v) is 9.08. The van der Waals surface area contributed by atoms with E-state index in [-0.39, 0.29) is 5.56 Å².